The second-order valence-corrected chi connectivity index (χ2v) is 5.70. The Bertz CT molecular complexity index is 482. The predicted octanol–water partition coefficient (Wildman–Crippen LogP) is 0.996. The van der Waals surface area contributed by atoms with E-state index in [1.807, 2.05) is 6.92 Å². The van der Waals surface area contributed by atoms with Gasteiger partial charge in [-0.1, -0.05) is 0 Å². The van der Waals surface area contributed by atoms with Gasteiger partial charge in [0.15, 0.2) is 0 Å². The van der Waals surface area contributed by atoms with Crippen LogP contribution in [0.15, 0.2) is 6.33 Å². The average molecular weight is 287 g/mol. The van der Waals surface area contributed by atoms with Crippen molar-refractivity contribution in [1.82, 2.24) is 9.97 Å². The molecule has 0 spiro atoms. The third kappa shape index (κ3) is 4.12. The Morgan fingerprint density at radius 3 is 2.47 bits per heavy atom. The summed E-state index contributed by atoms with van der Waals surface area (Å²) in [6.07, 6.45) is 2.84. The van der Waals surface area contributed by atoms with E-state index in [1.165, 1.54) is 6.33 Å². The first-order valence-corrected chi connectivity index (χ1v) is 7.38. The number of anilines is 2. The number of nitrogens with one attached hydrogen (secondary N) is 2. The lowest BCUT2D eigenvalue weighted by Gasteiger charge is -2.11. The zero-order valence-electron chi connectivity index (χ0n) is 11.0. The zero-order chi connectivity index (χ0) is 14.4. The van der Waals surface area contributed by atoms with Crippen LogP contribution in [0, 0.1) is 10.1 Å². The number of hydrogen-bond acceptors (Lipinski definition) is 7. The van der Waals surface area contributed by atoms with E-state index < -0.39 is 15.7 Å². The summed E-state index contributed by atoms with van der Waals surface area (Å²) >= 11 is 0. The van der Waals surface area contributed by atoms with E-state index in [9.17, 15) is 14.3 Å². The first-order chi connectivity index (χ1) is 8.97. The van der Waals surface area contributed by atoms with E-state index in [2.05, 4.69) is 20.6 Å². The van der Waals surface area contributed by atoms with Gasteiger partial charge in [0.1, 0.15) is 6.33 Å². The van der Waals surface area contributed by atoms with Crippen molar-refractivity contribution >= 4 is 28.1 Å². The summed E-state index contributed by atoms with van der Waals surface area (Å²) in [4.78, 5) is 18.3. The second-order valence-electron chi connectivity index (χ2n) is 3.90. The van der Waals surface area contributed by atoms with Crippen molar-refractivity contribution in [2.45, 2.75) is 19.1 Å². The van der Waals surface area contributed by atoms with Crippen LogP contribution >= 0.6 is 0 Å². The summed E-state index contributed by atoms with van der Waals surface area (Å²) in [5.74, 6) is 0.309. The van der Waals surface area contributed by atoms with Gasteiger partial charge >= 0.3 is 5.69 Å². The maximum atomic E-state index is 11.2. The standard InChI is InChI=1S/C10H17N5O3S/c1-4-11-9-8(15(16)17)10(14-6-13-9)12-5-7(2)19(3)18/h6-7H,4-5H2,1-3H3,(H2,11,12,13,14). The first-order valence-electron chi connectivity index (χ1n) is 5.76. The highest BCUT2D eigenvalue weighted by Crippen LogP contribution is 2.28. The number of aromatic nitrogens is 2. The van der Waals surface area contributed by atoms with Gasteiger partial charge in [0.25, 0.3) is 0 Å². The molecule has 2 atom stereocenters. The SMILES string of the molecule is CCNc1ncnc(NCC(C)S(C)=O)c1[N+](=O)[O-]. The van der Waals surface area contributed by atoms with E-state index >= 15 is 0 Å². The fourth-order valence-electron chi connectivity index (χ4n) is 1.34. The van der Waals surface area contributed by atoms with Gasteiger partial charge in [0, 0.05) is 35.4 Å². The van der Waals surface area contributed by atoms with Gasteiger partial charge in [-0.05, 0) is 13.8 Å². The van der Waals surface area contributed by atoms with Crippen LogP contribution in [0.1, 0.15) is 13.8 Å². The highest BCUT2D eigenvalue weighted by molar-refractivity contribution is 7.84. The Balaban J connectivity index is 2.96. The van der Waals surface area contributed by atoms with Crippen LogP contribution in [0.4, 0.5) is 17.3 Å². The van der Waals surface area contributed by atoms with E-state index in [-0.39, 0.29) is 22.6 Å². The summed E-state index contributed by atoms with van der Waals surface area (Å²) < 4.78 is 11.2. The smallest absolute Gasteiger partial charge is 0.353 e. The summed E-state index contributed by atoms with van der Waals surface area (Å²) in [5.41, 5.74) is -0.196. The van der Waals surface area contributed by atoms with Gasteiger partial charge in [0.2, 0.25) is 11.6 Å². The molecule has 0 aliphatic rings. The highest BCUT2D eigenvalue weighted by atomic mass is 32.2. The quantitative estimate of drug-likeness (QED) is 0.568. The lowest BCUT2D eigenvalue weighted by molar-refractivity contribution is -0.383. The Labute approximate surface area is 113 Å². The molecule has 0 fully saturated rings. The molecule has 0 bridgehead atoms. The van der Waals surface area contributed by atoms with Gasteiger partial charge in [-0.2, -0.15) is 0 Å². The van der Waals surface area contributed by atoms with Crippen LogP contribution < -0.4 is 10.6 Å². The van der Waals surface area contributed by atoms with Gasteiger partial charge in [0.05, 0.1) is 4.92 Å². The zero-order valence-corrected chi connectivity index (χ0v) is 11.9. The van der Waals surface area contributed by atoms with Crippen LogP contribution in [-0.4, -0.2) is 43.7 Å². The molecule has 9 heteroatoms. The maximum absolute atomic E-state index is 11.2. The summed E-state index contributed by atoms with van der Waals surface area (Å²) in [7, 11) is -1.00. The molecule has 1 aromatic rings. The molecule has 2 unspecified atom stereocenters. The van der Waals surface area contributed by atoms with Gasteiger partial charge in [-0.15, -0.1) is 0 Å². The molecular weight excluding hydrogens is 270 g/mol. The monoisotopic (exact) mass is 287 g/mol. The Morgan fingerprint density at radius 1 is 1.42 bits per heavy atom. The summed E-state index contributed by atoms with van der Waals surface area (Å²) in [6.45, 7) is 4.47. The van der Waals surface area contributed by atoms with Crippen molar-refractivity contribution in [1.29, 1.82) is 0 Å². The molecule has 0 aliphatic heterocycles. The highest BCUT2D eigenvalue weighted by Gasteiger charge is 2.22. The van der Waals surface area contributed by atoms with Crippen LogP contribution in [0.5, 0.6) is 0 Å². The summed E-state index contributed by atoms with van der Waals surface area (Å²) in [6, 6.07) is 0. The lowest BCUT2D eigenvalue weighted by atomic mass is 10.4. The van der Waals surface area contributed by atoms with Crippen molar-refractivity contribution in [3.8, 4) is 0 Å². The third-order valence-corrected chi connectivity index (χ3v) is 3.77. The van der Waals surface area contributed by atoms with E-state index in [4.69, 9.17) is 0 Å². The molecule has 1 heterocycles. The van der Waals surface area contributed by atoms with Crippen molar-refractivity contribution in [2.75, 3.05) is 30.0 Å². The van der Waals surface area contributed by atoms with Gasteiger partial charge < -0.3 is 10.6 Å². The molecule has 0 aliphatic carbocycles. The van der Waals surface area contributed by atoms with Gasteiger partial charge in [-0.25, -0.2) is 9.97 Å². The second kappa shape index (κ2) is 6.98. The van der Waals surface area contributed by atoms with Crippen molar-refractivity contribution in [2.24, 2.45) is 0 Å². The number of nitro groups is 1. The van der Waals surface area contributed by atoms with E-state index in [1.54, 1.807) is 13.2 Å². The van der Waals surface area contributed by atoms with Crippen LogP contribution in [0.2, 0.25) is 0 Å². The number of hydrogen-bond donors (Lipinski definition) is 2. The van der Waals surface area contributed by atoms with E-state index in [0.29, 0.717) is 13.1 Å². The van der Waals surface area contributed by atoms with Crippen LogP contribution in [-0.2, 0) is 10.8 Å². The average Bonchev–Trinajstić information content (AvgIpc) is 2.35. The van der Waals surface area contributed by atoms with Crippen LogP contribution in [0.3, 0.4) is 0 Å². The molecule has 1 aromatic heterocycles. The topological polar surface area (TPSA) is 110 Å². The van der Waals surface area contributed by atoms with Crippen molar-refractivity contribution < 1.29 is 9.13 Å². The fraction of sp³-hybridized carbons (Fsp3) is 0.600. The van der Waals surface area contributed by atoms with Crippen molar-refractivity contribution in [3.05, 3.63) is 16.4 Å². The molecule has 0 saturated heterocycles. The Morgan fingerprint density at radius 2 is 2.00 bits per heavy atom. The minimum absolute atomic E-state index is 0.128. The maximum Gasteiger partial charge on any atom is 0.353 e. The number of nitrogens with zero attached hydrogens (tertiary/aromatic N) is 3. The van der Waals surface area contributed by atoms with Gasteiger partial charge in [-0.3, -0.25) is 14.3 Å². The molecule has 1 rings (SSSR count). The number of rotatable bonds is 7. The lowest BCUT2D eigenvalue weighted by Crippen LogP contribution is -2.22. The molecule has 0 radical (unpaired) electrons. The molecule has 106 valence electrons. The molecule has 19 heavy (non-hydrogen) atoms. The Hall–Kier alpha value is -1.77. The normalized spacial score (nSPS) is 13.6. The Kier molecular flexibility index (Phi) is 5.61. The minimum Gasteiger partial charge on any atom is -0.364 e. The molecule has 8 nitrogen and oxygen atoms in total. The molecule has 2 N–H and O–H groups in total. The molecule has 0 amide bonds. The molecule has 0 aromatic carbocycles. The molecular formula is C10H17N5O3S. The van der Waals surface area contributed by atoms with Crippen LogP contribution in [0.25, 0.3) is 0 Å². The molecule has 0 saturated carbocycles. The first kappa shape index (κ1) is 15.3. The predicted molar refractivity (Wildman–Crippen MR) is 74.9 cm³/mol. The summed E-state index contributed by atoms with van der Waals surface area (Å²) in [5, 5.41) is 16.6. The fourth-order valence-corrected chi connectivity index (χ4v) is 1.65. The van der Waals surface area contributed by atoms with Crippen molar-refractivity contribution in [3.63, 3.8) is 0 Å². The van der Waals surface area contributed by atoms with E-state index in [0.717, 1.165) is 0 Å². The minimum atomic E-state index is -1.00. The largest absolute Gasteiger partial charge is 0.364 e. The third-order valence-electron chi connectivity index (χ3n) is 2.47.